The molecule has 6 nitrogen and oxygen atoms in total. The van der Waals surface area contributed by atoms with Crippen LogP contribution in [0, 0.1) is 5.92 Å². The number of sulfonamides is 1. The number of nitrogen functional groups attached to an aromatic ring is 1. The van der Waals surface area contributed by atoms with Crippen molar-refractivity contribution in [2.45, 2.75) is 24.2 Å². The molecule has 1 fully saturated rings. The minimum atomic E-state index is -3.52. The van der Waals surface area contributed by atoms with Gasteiger partial charge in [0.15, 0.2) is 0 Å². The Balaban J connectivity index is 2.23. The molecule has 1 saturated carbocycles. The zero-order valence-electron chi connectivity index (χ0n) is 10.3. The van der Waals surface area contributed by atoms with Crippen molar-refractivity contribution in [2.24, 2.45) is 11.8 Å². The predicted octanol–water partition coefficient (Wildman–Crippen LogP) is 0.788. The Morgan fingerprint density at radius 2 is 2.28 bits per heavy atom. The minimum Gasteiger partial charge on any atom is -0.323 e. The minimum absolute atomic E-state index is 0.120. The number of hydrazine groups is 1. The van der Waals surface area contributed by atoms with Crippen molar-refractivity contribution < 1.29 is 8.42 Å². The van der Waals surface area contributed by atoms with E-state index in [9.17, 15) is 8.42 Å². The fourth-order valence-electron chi connectivity index (χ4n) is 2.01. The van der Waals surface area contributed by atoms with Gasteiger partial charge >= 0.3 is 0 Å². The molecule has 1 aliphatic rings. The van der Waals surface area contributed by atoms with Crippen LogP contribution >= 0.6 is 0 Å². The molecule has 0 amide bonds. The smallest absolute Gasteiger partial charge is 0.246 e. The molecule has 1 aromatic rings. The van der Waals surface area contributed by atoms with E-state index >= 15 is 0 Å². The normalized spacial score (nSPS) is 16.6. The third kappa shape index (κ3) is 2.47. The summed E-state index contributed by atoms with van der Waals surface area (Å²) in [6.07, 6.45) is 6.23. The summed E-state index contributed by atoms with van der Waals surface area (Å²) < 4.78 is 26.1. The van der Waals surface area contributed by atoms with Crippen LogP contribution in [0.15, 0.2) is 23.4 Å². The summed E-state index contributed by atoms with van der Waals surface area (Å²) >= 11 is 0. The van der Waals surface area contributed by atoms with Gasteiger partial charge in [-0.3, -0.25) is 10.8 Å². The Morgan fingerprint density at radius 3 is 2.83 bits per heavy atom. The highest BCUT2D eigenvalue weighted by atomic mass is 32.2. The lowest BCUT2D eigenvalue weighted by Gasteiger charge is -2.29. The van der Waals surface area contributed by atoms with E-state index in [0.717, 1.165) is 12.8 Å². The van der Waals surface area contributed by atoms with E-state index < -0.39 is 10.0 Å². The van der Waals surface area contributed by atoms with Crippen LogP contribution in [0.3, 0.4) is 0 Å². The van der Waals surface area contributed by atoms with Gasteiger partial charge in [-0.15, -0.1) is 0 Å². The van der Waals surface area contributed by atoms with E-state index in [1.165, 1.54) is 23.1 Å². The van der Waals surface area contributed by atoms with Crippen molar-refractivity contribution in [1.82, 2.24) is 9.29 Å². The summed E-state index contributed by atoms with van der Waals surface area (Å²) in [6, 6.07) is 1.55. The molecule has 0 aliphatic heterocycles. The molecule has 0 unspecified atom stereocenters. The van der Waals surface area contributed by atoms with Crippen LogP contribution in [-0.4, -0.2) is 31.3 Å². The second kappa shape index (κ2) is 5.21. The third-order valence-electron chi connectivity index (χ3n) is 3.37. The van der Waals surface area contributed by atoms with Gasteiger partial charge in [-0.1, -0.05) is 6.42 Å². The van der Waals surface area contributed by atoms with Crippen LogP contribution in [0.25, 0.3) is 0 Å². The number of rotatable bonds is 5. The largest absolute Gasteiger partial charge is 0.323 e. The van der Waals surface area contributed by atoms with E-state index in [4.69, 9.17) is 5.84 Å². The van der Waals surface area contributed by atoms with Crippen LogP contribution in [-0.2, 0) is 10.0 Å². The molecule has 7 heteroatoms. The Kier molecular flexibility index (Phi) is 3.84. The van der Waals surface area contributed by atoms with Crippen molar-refractivity contribution in [3.8, 4) is 0 Å². The summed E-state index contributed by atoms with van der Waals surface area (Å²) in [6.45, 7) is 0.557. The lowest BCUT2D eigenvalue weighted by atomic mass is 9.86. The van der Waals surface area contributed by atoms with Gasteiger partial charge < -0.3 is 5.43 Å². The molecule has 0 spiro atoms. The molecule has 2 rings (SSSR count). The standard InChI is InChI=1S/C11H18N4O2S/c1-15(8-9-3-2-4-9)18(16,17)11-7-13-6-5-10(11)14-12/h5-7,9H,2-4,8,12H2,1H3,(H,13,14). The van der Waals surface area contributed by atoms with Crippen molar-refractivity contribution >= 4 is 15.7 Å². The van der Waals surface area contributed by atoms with Crippen molar-refractivity contribution in [2.75, 3.05) is 19.0 Å². The fraction of sp³-hybridized carbons (Fsp3) is 0.545. The van der Waals surface area contributed by atoms with Crippen molar-refractivity contribution in [3.63, 3.8) is 0 Å². The molecule has 1 aliphatic carbocycles. The summed E-state index contributed by atoms with van der Waals surface area (Å²) in [5.74, 6) is 5.81. The van der Waals surface area contributed by atoms with Gasteiger partial charge in [-0.25, -0.2) is 12.7 Å². The maximum atomic E-state index is 12.4. The number of hydrogen-bond acceptors (Lipinski definition) is 5. The number of aromatic nitrogens is 1. The molecule has 1 heterocycles. The lowest BCUT2D eigenvalue weighted by molar-refractivity contribution is 0.263. The van der Waals surface area contributed by atoms with Gasteiger partial charge in [0.25, 0.3) is 0 Å². The highest BCUT2D eigenvalue weighted by Gasteiger charge is 2.28. The molecule has 18 heavy (non-hydrogen) atoms. The highest BCUT2D eigenvalue weighted by Crippen LogP contribution is 2.29. The first-order valence-corrected chi connectivity index (χ1v) is 7.36. The molecule has 0 saturated heterocycles. The van der Waals surface area contributed by atoms with Gasteiger partial charge in [-0.05, 0) is 24.8 Å². The zero-order valence-corrected chi connectivity index (χ0v) is 11.2. The molecular weight excluding hydrogens is 252 g/mol. The van der Waals surface area contributed by atoms with Crippen LogP contribution < -0.4 is 11.3 Å². The van der Waals surface area contributed by atoms with E-state index in [0.29, 0.717) is 18.2 Å². The quantitative estimate of drug-likeness (QED) is 0.610. The molecule has 100 valence electrons. The number of nitrogens with two attached hydrogens (primary N) is 1. The molecule has 1 aromatic heterocycles. The topological polar surface area (TPSA) is 88.3 Å². The van der Waals surface area contributed by atoms with Gasteiger partial charge in [0.2, 0.25) is 10.0 Å². The first kappa shape index (κ1) is 13.3. The second-order valence-electron chi connectivity index (χ2n) is 4.60. The zero-order chi connectivity index (χ0) is 13.2. The maximum Gasteiger partial charge on any atom is 0.246 e. The average Bonchev–Trinajstić information content (AvgIpc) is 2.33. The molecule has 0 atom stereocenters. The summed E-state index contributed by atoms with van der Waals surface area (Å²) in [4.78, 5) is 3.97. The molecule has 0 bridgehead atoms. The van der Waals surface area contributed by atoms with Crippen LogP contribution in [0.1, 0.15) is 19.3 Å². The summed E-state index contributed by atoms with van der Waals surface area (Å²) in [5.41, 5.74) is 2.76. The predicted molar refractivity (Wildman–Crippen MR) is 69.2 cm³/mol. The summed E-state index contributed by atoms with van der Waals surface area (Å²) in [7, 11) is -1.93. The number of anilines is 1. The Hall–Kier alpha value is -1.18. The van der Waals surface area contributed by atoms with Gasteiger partial charge in [0, 0.05) is 26.0 Å². The first-order valence-electron chi connectivity index (χ1n) is 5.92. The molecule has 0 radical (unpaired) electrons. The van der Waals surface area contributed by atoms with E-state index in [1.54, 1.807) is 13.1 Å². The number of nitrogens with zero attached hydrogens (tertiary/aromatic N) is 2. The molecule has 0 aromatic carbocycles. The van der Waals surface area contributed by atoms with E-state index in [2.05, 4.69) is 10.4 Å². The van der Waals surface area contributed by atoms with Crippen LogP contribution in [0.4, 0.5) is 5.69 Å². The second-order valence-corrected chi connectivity index (χ2v) is 6.61. The summed E-state index contributed by atoms with van der Waals surface area (Å²) in [5, 5.41) is 0. The Labute approximate surface area is 107 Å². The number of pyridine rings is 1. The first-order chi connectivity index (χ1) is 8.55. The maximum absolute atomic E-state index is 12.4. The average molecular weight is 270 g/mol. The Bertz CT molecular complexity index is 514. The van der Waals surface area contributed by atoms with Crippen molar-refractivity contribution in [3.05, 3.63) is 18.5 Å². The van der Waals surface area contributed by atoms with Gasteiger partial charge in [-0.2, -0.15) is 0 Å². The van der Waals surface area contributed by atoms with Crippen molar-refractivity contribution in [1.29, 1.82) is 0 Å². The number of hydrogen-bond donors (Lipinski definition) is 2. The van der Waals surface area contributed by atoms with E-state index in [-0.39, 0.29) is 4.90 Å². The van der Waals surface area contributed by atoms with E-state index in [1.807, 2.05) is 0 Å². The Morgan fingerprint density at radius 1 is 1.56 bits per heavy atom. The number of nitrogens with one attached hydrogen (secondary N) is 1. The van der Waals surface area contributed by atoms with Gasteiger partial charge in [0.05, 0.1) is 5.69 Å². The molecule has 3 N–H and O–H groups in total. The third-order valence-corrected chi connectivity index (χ3v) is 5.22. The lowest BCUT2D eigenvalue weighted by Crippen LogP contribution is -2.34. The highest BCUT2D eigenvalue weighted by molar-refractivity contribution is 7.89. The van der Waals surface area contributed by atoms with Crippen LogP contribution in [0.2, 0.25) is 0 Å². The fourth-order valence-corrected chi connectivity index (χ4v) is 3.35. The monoisotopic (exact) mass is 270 g/mol. The van der Waals surface area contributed by atoms with Crippen LogP contribution in [0.5, 0.6) is 0 Å². The SMILES string of the molecule is CN(CC1CCC1)S(=O)(=O)c1cnccc1NN. The van der Waals surface area contributed by atoms with Gasteiger partial charge in [0.1, 0.15) is 4.90 Å². The molecular formula is C11H18N4O2S.